The third-order valence-corrected chi connectivity index (χ3v) is 2.96. The summed E-state index contributed by atoms with van der Waals surface area (Å²) in [5.74, 6) is 0.515. The van der Waals surface area contributed by atoms with E-state index in [-0.39, 0.29) is 17.2 Å². The molecule has 0 unspecified atom stereocenters. The van der Waals surface area contributed by atoms with Crippen molar-refractivity contribution >= 4 is 5.91 Å². The van der Waals surface area contributed by atoms with Crippen LogP contribution in [-0.2, 0) is 7.05 Å². The molecule has 1 heterocycles. The van der Waals surface area contributed by atoms with Gasteiger partial charge >= 0.3 is 0 Å². The van der Waals surface area contributed by atoms with Crippen molar-refractivity contribution in [3.8, 4) is 5.75 Å². The van der Waals surface area contributed by atoms with E-state index in [0.717, 1.165) is 10.4 Å². The molecule has 0 N–H and O–H groups in total. The van der Waals surface area contributed by atoms with Crippen LogP contribution in [0.15, 0.2) is 47.3 Å². The number of para-hydroxylation sites is 1. The summed E-state index contributed by atoms with van der Waals surface area (Å²) in [6.07, 6.45) is 0. The molecule has 0 aliphatic rings. The molecule has 0 fully saturated rings. The number of aryl methyl sites for hydroxylation is 1. The lowest BCUT2D eigenvalue weighted by Crippen LogP contribution is -2.33. The largest absolute Gasteiger partial charge is 0.492 e. The Bertz CT molecular complexity index is 667. The maximum Gasteiger partial charge on any atom is 0.274 e. The topological polar surface area (TPSA) is 64.4 Å². The van der Waals surface area contributed by atoms with Gasteiger partial charge in [0.05, 0.1) is 6.54 Å². The summed E-state index contributed by atoms with van der Waals surface area (Å²) in [6.45, 7) is 0.816. The van der Waals surface area contributed by atoms with E-state index in [4.69, 9.17) is 4.74 Å². The van der Waals surface area contributed by atoms with E-state index in [9.17, 15) is 9.59 Å². The highest BCUT2D eigenvalue weighted by Crippen LogP contribution is 2.08. The first-order valence-electron chi connectivity index (χ1n) is 6.55. The Morgan fingerprint density at radius 2 is 1.95 bits per heavy atom. The average molecular weight is 287 g/mol. The van der Waals surface area contributed by atoms with Crippen molar-refractivity contribution in [2.45, 2.75) is 0 Å². The molecular weight excluding hydrogens is 270 g/mol. The van der Waals surface area contributed by atoms with Gasteiger partial charge < -0.3 is 9.64 Å². The Morgan fingerprint density at radius 1 is 1.24 bits per heavy atom. The molecule has 0 aliphatic heterocycles. The number of rotatable bonds is 5. The molecule has 0 aliphatic carbocycles. The summed E-state index contributed by atoms with van der Waals surface area (Å²) >= 11 is 0. The van der Waals surface area contributed by atoms with Crippen LogP contribution in [0, 0.1) is 0 Å². The lowest BCUT2D eigenvalue weighted by atomic mass is 10.3. The standard InChI is InChI=1S/C15H17N3O3/c1-17(10-11-21-12-6-4-3-5-7-12)15(20)13-8-9-14(19)18(2)16-13/h3-9H,10-11H2,1-2H3. The van der Waals surface area contributed by atoms with Crippen LogP contribution < -0.4 is 10.3 Å². The van der Waals surface area contributed by atoms with Crippen molar-refractivity contribution in [1.29, 1.82) is 0 Å². The van der Waals surface area contributed by atoms with Crippen molar-refractivity contribution in [2.75, 3.05) is 20.2 Å². The van der Waals surface area contributed by atoms with Gasteiger partial charge in [0.25, 0.3) is 11.5 Å². The maximum absolute atomic E-state index is 12.1. The zero-order valence-corrected chi connectivity index (χ0v) is 12.0. The third kappa shape index (κ3) is 3.92. The predicted octanol–water partition coefficient (Wildman–Crippen LogP) is 0.931. The highest BCUT2D eigenvalue weighted by atomic mass is 16.5. The van der Waals surface area contributed by atoms with Crippen molar-refractivity contribution in [3.63, 3.8) is 0 Å². The van der Waals surface area contributed by atoms with Gasteiger partial charge in [-0.25, -0.2) is 4.68 Å². The molecule has 2 aromatic rings. The smallest absolute Gasteiger partial charge is 0.274 e. The quantitative estimate of drug-likeness (QED) is 0.820. The molecule has 110 valence electrons. The zero-order chi connectivity index (χ0) is 15.2. The number of ether oxygens (including phenoxy) is 1. The highest BCUT2D eigenvalue weighted by molar-refractivity contribution is 5.91. The molecule has 0 saturated carbocycles. The van der Waals surface area contributed by atoms with E-state index in [2.05, 4.69) is 5.10 Å². The number of amides is 1. The van der Waals surface area contributed by atoms with Gasteiger partial charge in [-0.05, 0) is 18.2 Å². The Balaban J connectivity index is 1.90. The number of nitrogens with zero attached hydrogens (tertiary/aromatic N) is 3. The minimum atomic E-state index is -0.249. The van der Waals surface area contributed by atoms with Gasteiger partial charge in [0, 0.05) is 20.2 Å². The normalized spacial score (nSPS) is 10.2. The van der Waals surface area contributed by atoms with Crippen LogP contribution in [-0.4, -0.2) is 40.8 Å². The van der Waals surface area contributed by atoms with E-state index in [1.807, 2.05) is 30.3 Å². The Morgan fingerprint density at radius 3 is 2.62 bits per heavy atom. The number of likely N-dealkylation sites (N-methyl/N-ethyl adjacent to an activating group) is 1. The minimum Gasteiger partial charge on any atom is -0.492 e. The molecule has 2 rings (SSSR count). The fourth-order valence-corrected chi connectivity index (χ4v) is 1.73. The van der Waals surface area contributed by atoms with Gasteiger partial charge in [0.1, 0.15) is 18.1 Å². The summed E-state index contributed by atoms with van der Waals surface area (Å²) in [6, 6.07) is 12.2. The second-order valence-electron chi connectivity index (χ2n) is 4.57. The van der Waals surface area contributed by atoms with Crippen LogP contribution in [0.5, 0.6) is 5.75 Å². The molecule has 0 atom stereocenters. The van der Waals surface area contributed by atoms with E-state index < -0.39 is 0 Å². The molecule has 1 amide bonds. The van der Waals surface area contributed by atoms with Crippen molar-refractivity contribution in [2.24, 2.45) is 7.05 Å². The molecule has 1 aromatic heterocycles. The van der Waals surface area contributed by atoms with E-state index in [0.29, 0.717) is 13.2 Å². The summed E-state index contributed by atoms with van der Waals surface area (Å²) < 4.78 is 6.68. The number of carbonyl (C=O) groups excluding carboxylic acids is 1. The Hall–Kier alpha value is -2.63. The molecular formula is C15H17N3O3. The van der Waals surface area contributed by atoms with E-state index in [1.54, 1.807) is 7.05 Å². The molecule has 0 saturated heterocycles. The summed E-state index contributed by atoms with van der Waals surface area (Å²) in [5, 5.41) is 3.93. The number of carbonyl (C=O) groups is 1. The fraction of sp³-hybridized carbons (Fsp3) is 0.267. The van der Waals surface area contributed by atoms with Crippen LogP contribution in [0.3, 0.4) is 0 Å². The van der Waals surface area contributed by atoms with Gasteiger partial charge in [0.15, 0.2) is 0 Å². The number of benzene rings is 1. The Labute approximate surface area is 122 Å². The van der Waals surface area contributed by atoms with E-state index in [1.165, 1.54) is 24.1 Å². The monoisotopic (exact) mass is 287 g/mol. The first kappa shape index (κ1) is 14.8. The second kappa shape index (κ2) is 6.69. The van der Waals surface area contributed by atoms with Crippen molar-refractivity contribution in [1.82, 2.24) is 14.7 Å². The molecule has 6 heteroatoms. The van der Waals surface area contributed by atoms with Gasteiger partial charge in [-0.3, -0.25) is 9.59 Å². The number of hydrogen-bond donors (Lipinski definition) is 0. The lowest BCUT2D eigenvalue weighted by Gasteiger charge is -2.17. The molecule has 0 bridgehead atoms. The molecule has 0 spiro atoms. The molecule has 21 heavy (non-hydrogen) atoms. The Kier molecular flexibility index (Phi) is 4.71. The van der Waals surface area contributed by atoms with Crippen LogP contribution in [0.2, 0.25) is 0 Å². The first-order valence-corrected chi connectivity index (χ1v) is 6.55. The summed E-state index contributed by atoms with van der Waals surface area (Å²) in [5.41, 5.74) is -0.0130. The molecule has 1 aromatic carbocycles. The lowest BCUT2D eigenvalue weighted by molar-refractivity contribution is 0.0765. The second-order valence-corrected chi connectivity index (χ2v) is 4.57. The van der Waals surface area contributed by atoms with Crippen LogP contribution >= 0.6 is 0 Å². The summed E-state index contributed by atoms with van der Waals surface area (Å²) in [7, 11) is 3.18. The van der Waals surface area contributed by atoms with Crippen LogP contribution in [0.25, 0.3) is 0 Å². The van der Waals surface area contributed by atoms with E-state index >= 15 is 0 Å². The number of hydrogen-bond acceptors (Lipinski definition) is 4. The maximum atomic E-state index is 12.1. The minimum absolute atomic E-state index is 0.235. The molecule has 6 nitrogen and oxygen atoms in total. The summed E-state index contributed by atoms with van der Waals surface area (Å²) in [4.78, 5) is 24.9. The average Bonchev–Trinajstić information content (AvgIpc) is 2.50. The highest BCUT2D eigenvalue weighted by Gasteiger charge is 2.13. The zero-order valence-electron chi connectivity index (χ0n) is 12.0. The van der Waals surface area contributed by atoms with Gasteiger partial charge in [-0.2, -0.15) is 5.10 Å². The first-order chi connectivity index (χ1) is 10.1. The third-order valence-electron chi connectivity index (χ3n) is 2.96. The van der Waals surface area contributed by atoms with Gasteiger partial charge in [-0.15, -0.1) is 0 Å². The SMILES string of the molecule is CN(CCOc1ccccc1)C(=O)c1ccc(=O)n(C)n1. The molecule has 0 radical (unpaired) electrons. The van der Waals surface area contributed by atoms with Crippen LogP contribution in [0.4, 0.5) is 0 Å². The predicted molar refractivity (Wildman–Crippen MR) is 78.4 cm³/mol. The van der Waals surface area contributed by atoms with Gasteiger partial charge in [0.2, 0.25) is 0 Å². The van der Waals surface area contributed by atoms with Crippen molar-refractivity contribution < 1.29 is 9.53 Å². The van der Waals surface area contributed by atoms with Crippen molar-refractivity contribution in [3.05, 3.63) is 58.5 Å². The van der Waals surface area contributed by atoms with Gasteiger partial charge in [-0.1, -0.05) is 18.2 Å². The van der Waals surface area contributed by atoms with Crippen LogP contribution in [0.1, 0.15) is 10.5 Å². The number of aromatic nitrogens is 2. The fourth-order valence-electron chi connectivity index (χ4n) is 1.73.